The number of hydrogen-bond donors (Lipinski definition) is 1. The van der Waals surface area contributed by atoms with E-state index in [-0.39, 0.29) is 0 Å². The highest BCUT2D eigenvalue weighted by Crippen LogP contribution is 2.08. The van der Waals surface area contributed by atoms with Crippen LogP contribution in [0.1, 0.15) is 25.0 Å². The lowest BCUT2D eigenvalue weighted by Gasteiger charge is -2.15. The fourth-order valence-electron chi connectivity index (χ4n) is 2.16. The van der Waals surface area contributed by atoms with E-state index >= 15 is 0 Å². The Balaban J connectivity index is 1.69. The van der Waals surface area contributed by atoms with Gasteiger partial charge in [-0.25, -0.2) is 0 Å². The molecule has 90 valence electrons. The van der Waals surface area contributed by atoms with Crippen LogP contribution in [0.3, 0.4) is 0 Å². The van der Waals surface area contributed by atoms with Crippen LogP contribution in [0.2, 0.25) is 0 Å². The Morgan fingerprint density at radius 3 is 3.25 bits per heavy atom. The van der Waals surface area contributed by atoms with Crippen molar-refractivity contribution in [1.82, 2.24) is 15.1 Å². The van der Waals surface area contributed by atoms with E-state index in [1.54, 1.807) is 0 Å². The van der Waals surface area contributed by atoms with Crippen molar-refractivity contribution in [3.8, 4) is 0 Å². The maximum atomic E-state index is 5.44. The summed E-state index contributed by atoms with van der Waals surface area (Å²) < 4.78 is 7.38. The summed E-state index contributed by atoms with van der Waals surface area (Å²) in [5.74, 6) is 0. The Morgan fingerprint density at radius 1 is 1.50 bits per heavy atom. The number of rotatable bonds is 4. The Labute approximate surface area is 97.0 Å². The zero-order chi connectivity index (χ0) is 11.2. The smallest absolute Gasteiger partial charge is 0.0492 e. The Bertz CT molecular complexity index is 303. The minimum atomic E-state index is 0.635. The molecule has 1 unspecified atom stereocenters. The number of ether oxygens (including phenoxy) is 1. The van der Waals surface area contributed by atoms with Gasteiger partial charge in [-0.2, -0.15) is 5.10 Å². The van der Waals surface area contributed by atoms with Crippen molar-refractivity contribution in [3.63, 3.8) is 0 Å². The van der Waals surface area contributed by atoms with Crippen LogP contribution in [0.4, 0.5) is 0 Å². The summed E-state index contributed by atoms with van der Waals surface area (Å²) in [5, 5.41) is 7.77. The van der Waals surface area contributed by atoms with E-state index in [9.17, 15) is 0 Å². The molecule has 1 atom stereocenters. The van der Waals surface area contributed by atoms with Gasteiger partial charge in [0.05, 0.1) is 0 Å². The Morgan fingerprint density at radius 2 is 2.44 bits per heavy atom. The highest BCUT2D eigenvalue weighted by atomic mass is 16.5. The SMILES string of the molecule is Cn1nccc1CCNC1CCCOCC1. The molecule has 0 spiro atoms. The van der Waals surface area contributed by atoms with E-state index in [4.69, 9.17) is 4.74 Å². The highest BCUT2D eigenvalue weighted by Gasteiger charge is 2.11. The Hall–Kier alpha value is -0.870. The second kappa shape index (κ2) is 6.01. The van der Waals surface area contributed by atoms with Crippen molar-refractivity contribution in [2.75, 3.05) is 19.8 Å². The first-order valence-electron chi connectivity index (χ1n) is 6.14. The van der Waals surface area contributed by atoms with Crippen molar-refractivity contribution in [2.45, 2.75) is 31.7 Å². The third-order valence-electron chi connectivity index (χ3n) is 3.19. The van der Waals surface area contributed by atoms with Crippen molar-refractivity contribution in [1.29, 1.82) is 0 Å². The van der Waals surface area contributed by atoms with Crippen molar-refractivity contribution < 1.29 is 4.74 Å². The van der Waals surface area contributed by atoms with E-state index in [1.165, 1.54) is 18.5 Å². The van der Waals surface area contributed by atoms with Crippen LogP contribution in [0, 0.1) is 0 Å². The van der Waals surface area contributed by atoms with Gasteiger partial charge in [0, 0.05) is 51.2 Å². The topological polar surface area (TPSA) is 39.1 Å². The van der Waals surface area contributed by atoms with Crippen LogP contribution in [0.25, 0.3) is 0 Å². The molecule has 0 bridgehead atoms. The predicted octanol–water partition coefficient (Wildman–Crippen LogP) is 1.12. The second-order valence-corrected chi connectivity index (χ2v) is 4.39. The molecule has 2 heterocycles. The maximum Gasteiger partial charge on any atom is 0.0492 e. The molecule has 0 radical (unpaired) electrons. The molecule has 1 aromatic rings. The van der Waals surface area contributed by atoms with Crippen LogP contribution in [0.15, 0.2) is 12.3 Å². The molecule has 0 saturated carbocycles. The first-order chi connectivity index (χ1) is 7.86. The molecular formula is C12H21N3O. The first kappa shape index (κ1) is 11.6. The normalized spacial score (nSPS) is 21.9. The van der Waals surface area contributed by atoms with Gasteiger partial charge >= 0.3 is 0 Å². The van der Waals surface area contributed by atoms with Crippen LogP contribution >= 0.6 is 0 Å². The first-order valence-corrected chi connectivity index (χ1v) is 6.14. The molecule has 1 aromatic heterocycles. The number of hydrogen-bond acceptors (Lipinski definition) is 3. The third kappa shape index (κ3) is 3.32. The Kier molecular flexibility index (Phi) is 4.36. The largest absolute Gasteiger partial charge is 0.381 e. The van der Waals surface area contributed by atoms with Gasteiger partial charge in [-0.05, 0) is 25.3 Å². The molecule has 0 aliphatic carbocycles. The molecule has 4 nitrogen and oxygen atoms in total. The van der Waals surface area contributed by atoms with E-state index in [1.807, 2.05) is 17.9 Å². The molecule has 0 amide bonds. The van der Waals surface area contributed by atoms with Crippen LogP contribution < -0.4 is 5.32 Å². The standard InChI is InChI=1S/C12H21N3O/c1-15-12(5-8-14-15)4-7-13-11-3-2-9-16-10-6-11/h5,8,11,13H,2-4,6-7,9-10H2,1H3. The number of aromatic nitrogens is 2. The molecule has 4 heteroatoms. The minimum Gasteiger partial charge on any atom is -0.381 e. The molecule has 1 aliphatic rings. The van der Waals surface area contributed by atoms with E-state index < -0.39 is 0 Å². The predicted molar refractivity (Wildman–Crippen MR) is 63.4 cm³/mol. The van der Waals surface area contributed by atoms with Crippen molar-refractivity contribution in [2.24, 2.45) is 7.05 Å². The van der Waals surface area contributed by atoms with Crippen LogP contribution in [0.5, 0.6) is 0 Å². The molecule has 1 aliphatic heterocycles. The maximum absolute atomic E-state index is 5.44. The lowest BCUT2D eigenvalue weighted by atomic mass is 10.1. The molecule has 0 aromatic carbocycles. The zero-order valence-corrected chi connectivity index (χ0v) is 9.98. The van der Waals surface area contributed by atoms with Gasteiger partial charge in [0.1, 0.15) is 0 Å². The van der Waals surface area contributed by atoms with E-state index in [0.717, 1.165) is 32.6 Å². The van der Waals surface area contributed by atoms with Crippen molar-refractivity contribution in [3.05, 3.63) is 18.0 Å². The van der Waals surface area contributed by atoms with Gasteiger partial charge in [-0.15, -0.1) is 0 Å². The molecule has 1 saturated heterocycles. The van der Waals surface area contributed by atoms with Gasteiger partial charge < -0.3 is 10.1 Å². The van der Waals surface area contributed by atoms with E-state index in [2.05, 4.69) is 16.5 Å². The average molecular weight is 223 g/mol. The summed E-state index contributed by atoms with van der Waals surface area (Å²) >= 11 is 0. The molecule has 1 N–H and O–H groups in total. The van der Waals surface area contributed by atoms with Gasteiger partial charge in [0.25, 0.3) is 0 Å². The minimum absolute atomic E-state index is 0.635. The summed E-state index contributed by atoms with van der Waals surface area (Å²) in [4.78, 5) is 0. The monoisotopic (exact) mass is 223 g/mol. The average Bonchev–Trinajstić information content (AvgIpc) is 2.55. The molecular weight excluding hydrogens is 202 g/mol. The molecule has 1 fully saturated rings. The summed E-state index contributed by atoms with van der Waals surface area (Å²) in [6.07, 6.45) is 6.48. The van der Waals surface area contributed by atoms with Gasteiger partial charge in [-0.1, -0.05) is 0 Å². The van der Waals surface area contributed by atoms with Gasteiger partial charge in [0.15, 0.2) is 0 Å². The van der Waals surface area contributed by atoms with E-state index in [0.29, 0.717) is 6.04 Å². The zero-order valence-electron chi connectivity index (χ0n) is 9.98. The summed E-state index contributed by atoms with van der Waals surface area (Å²) in [6, 6.07) is 2.72. The third-order valence-corrected chi connectivity index (χ3v) is 3.19. The molecule has 16 heavy (non-hydrogen) atoms. The van der Waals surface area contributed by atoms with Crippen LogP contribution in [-0.4, -0.2) is 35.6 Å². The fourth-order valence-corrected chi connectivity index (χ4v) is 2.16. The van der Waals surface area contributed by atoms with Crippen molar-refractivity contribution >= 4 is 0 Å². The lowest BCUT2D eigenvalue weighted by Crippen LogP contribution is -2.31. The number of nitrogens with zero attached hydrogens (tertiary/aromatic N) is 2. The molecule has 2 rings (SSSR count). The van der Waals surface area contributed by atoms with Crippen LogP contribution in [-0.2, 0) is 18.2 Å². The summed E-state index contributed by atoms with van der Waals surface area (Å²) in [7, 11) is 1.99. The summed E-state index contributed by atoms with van der Waals surface area (Å²) in [5.41, 5.74) is 1.29. The fraction of sp³-hybridized carbons (Fsp3) is 0.750. The lowest BCUT2D eigenvalue weighted by molar-refractivity contribution is 0.142. The number of aryl methyl sites for hydroxylation is 1. The van der Waals surface area contributed by atoms with Gasteiger partial charge in [0.2, 0.25) is 0 Å². The summed E-state index contributed by atoms with van der Waals surface area (Å²) in [6.45, 7) is 2.87. The quantitative estimate of drug-likeness (QED) is 0.831. The van der Waals surface area contributed by atoms with Gasteiger partial charge in [-0.3, -0.25) is 4.68 Å². The second-order valence-electron chi connectivity index (χ2n) is 4.39. The highest BCUT2D eigenvalue weighted by molar-refractivity contribution is 5.00. The number of nitrogens with one attached hydrogen (secondary N) is 1.